The van der Waals surface area contributed by atoms with Gasteiger partial charge in [0.1, 0.15) is 11.6 Å². The molecule has 0 saturated heterocycles. The maximum absolute atomic E-state index is 13.4. The molecule has 1 amide bonds. The van der Waals surface area contributed by atoms with Crippen molar-refractivity contribution in [2.75, 3.05) is 18.2 Å². The molecule has 0 atom stereocenters. The molecule has 1 aliphatic carbocycles. The topological polar surface area (TPSA) is 88.2 Å². The number of anilines is 2. The molecule has 0 aliphatic heterocycles. The Kier molecular flexibility index (Phi) is 4.20. The molecule has 5 nitrogen and oxygen atoms in total. The predicted octanol–water partition coefficient (Wildman–Crippen LogP) is 3.18. The second-order valence-electron chi connectivity index (χ2n) is 5.79. The smallest absolute Gasteiger partial charge is 0.227 e. The van der Waals surface area contributed by atoms with Crippen molar-refractivity contribution in [2.24, 2.45) is 5.92 Å². The molecule has 0 aromatic heterocycles. The van der Waals surface area contributed by atoms with Gasteiger partial charge in [0.2, 0.25) is 5.91 Å². The molecule has 0 bridgehead atoms. The molecular weight excluding hydrogens is 309 g/mol. The Morgan fingerprint density at radius 1 is 1.33 bits per heavy atom. The molecule has 2 aromatic rings. The van der Waals surface area contributed by atoms with Crippen LogP contribution in [0.2, 0.25) is 0 Å². The Balaban J connectivity index is 1.97. The third-order valence-electron chi connectivity index (χ3n) is 3.96. The lowest BCUT2D eigenvalue weighted by atomic mass is 9.99. The zero-order chi connectivity index (χ0) is 17.3. The lowest BCUT2D eigenvalue weighted by Gasteiger charge is -2.15. The lowest BCUT2D eigenvalue weighted by Crippen LogP contribution is -2.15. The van der Waals surface area contributed by atoms with Crippen molar-refractivity contribution in [3.8, 4) is 5.75 Å². The highest BCUT2D eigenvalue weighted by atomic mass is 19.1. The van der Waals surface area contributed by atoms with Gasteiger partial charge >= 0.3 is 0 Å². The van der Waals surface area contributed by atoms with Gasteiger partial charge in [-0.3, -0.25) is 10.2 Å². The Hall–Kier alpha value is -2.89. The summed E-state index contributed by atoms with van der Waals surface area (Å²) in [4.78, 5) is 12.0. The number of carbonyl (C=O) groups is 1. The van der Waals surface area contributed by atoms with E-state index in [1.165, 1.54) is 25.3 Å². The van der Waals surface area contributed by atoms with Gasteiger partial charge in [-0.1, -0.05) is 12.1 Å². The van der Waals surface area contributed by atoms with Crippen LogP contribution in [0.15, 0.2) is 36.4 Å². The molecule has 0 heterocycles. The summed E-state index contributed by atoms with van der Waals surface area (Å²) in [5.41, 5.74) is 7.70. The molecule has 0 spiro atoms. The van der Waals surface area contributed by atoms with Crippen molar-refractivity contribution < 1.29 is 13.9 Å². The van der Waals surface area contributed by atoms with E-state index >= 15 is 0 Å². The standard InChI is InChI=1S/C18H18FN3O2/c1-24-16-9-14(20)13(8-15(16)22-18(23)10-5-6-10)17(21)11-3-2-4-12(19)7-11/h2-4,7-10,21H,5-6,20H2,1H3,(H,22,23). The summed E-state index contributed by atoms with van der Waals surface area (Å²) >= 11 is 0. The number of ether oxygens (including phenoxy) is 1. The molecule has 1 saturated carbocycles. The normalized spacial score (nSPS) is 13.4. The Bertz CT molecular complexity index is 816. The van der Waals surface area contributed by atoms with Crippen molar-refractivity contribution in [3.63, 3.8) is 0 Å². The average Bonchev–Trinajstić information content (AvgIpc) is 3.40. The third-order valence-corrected chi connectivity index (χ3v) is 3.96. The summed E-state index contributed by atoms with van der Waals surface area (Å²) in [6.07, 6.45) is 1.77. The molecule has 24 heavy (non-hydrogen) atoms. The van der Waals surface area contributed by atoms with E-state index in [1.54, 1.807) is 18.2 Å². The van der Waals surface area contributed by atoms with Crippen LogP contribution in [0.3, 0.4) is 0 Å². The number of halogens is 1. The summed E-state index contributed by atoms with van der Waals surface area (Å²) in [5, 5.41) is 11.1. The van der Waals surface area contributed by atoms with Crippen LogP contribution in [0.4, 0.5) is 15.8 Å². The zero-order valence-corrected chi connectivity index (χ0v) is 13.2. The SMILES string of the molecule is COc1cc(N)c(C(=N)c2cccc(F)c2)cc1NC(=O)C1CC1. The zero-order valence-electron chi connectivity index (χ0n) is 13.2. The summed E-state index contributed by atoms with van der Waals surface area (Å²) in [6.45, 7) is 0. The average molecular weight is 327 g/mol. The van der Waals surface area contributed by atoms with Crippen LogP contribution in [-0.2, 0) is 4.79 Å². The molecular formula is C18H18FN3O2. The third kappa shape index (κ3) is 3.22. The van der Waals surface area contributed by atoms with Crippen molar-refractivity contribution in [1.82, 2.24) is 0 Å². The Morgan fingerprint density at radius 2 is 2.08 bits per heavy atom. The summed E-state index contributed by atoms with van der Waals surface area (Å²) in [6, 6.07) is 8.92. The second kappa shape index (κ2) is 6.31. The minimum Gasteiger partial charge on any atom is -0.494 e. The van der Waals surface area contributed by atoms with Gasteiger partial charge in [-0.2, -0.15) is 0 Å². The van der Waals surface area contributed by atoms with Crippen molar-refractivity contribution >= 4 is 23.0 Å². The highest BCUT2D eigenvalue weighted by Crippen LogP contribution is 2.35. The maximum atomic E-state index is 13.4. The number of benzene rings is 2. The van der Waals surface area contributed by atoms with Gasteiger partial charge in [-0.05, 0) is 31.0 Å². The number of nitrogens with one attached hydrogen (secondary N) is 2. The fraction of sp³-hybridized carbons (Fsp3) is 0.222. The number of hydrogen-bond acceptors (Lipinski definition) is 4. The van der Waals surface area contributed by atoms with E-state index in [1.807, 2.05) is 0 Å². The molecule has 6 heteroatoms. The first kappa shape index (κ1) is 16.0. The first-order valence-electron chi connectivity index (χ1n) is 7.63. The van der Waals surface area contributed by atoms with Crippen molar-refractivity contribution in [1.29, 1.82) is 5.41 Å². The summed E-state index contributed by atoms with van der Waals surface area (Å²) < 4.78 is 18.7. The van der Waals surface area contributed by atoms with E-state index in [0.29, 0.717) is 28.3 Å². The highest BCUT2D eigenvalue weighted by Gasteiger charge is 2.30. The van der Waals surface area contributed by atoms with Crippen LogP contribution in [-0.4, -0.2) is 18.7 Å². The van der Waals surface area contributed by atoms with Crippen LogP contribution in [0.5, 0.6) is 5.75 Å². The Labute approximate surface area is 139 Å². The fourth-order valence-corrected chi connectivity index (χ4v) is 2.46. The van der Waals surface area contributed by atoms with E-state index < -0.39 is 5.82 Å². The van der Waals surface area contributed by atoms with Crippen molar-refractivity contribution in [3.05, 3.63) is 53.3 Å². The molecule has 1 fully saturated rings. The number of amides is 1. The molecule has 2 aromatic carbocycles. The molecule has 1 aliphatic rings. The number of rotatable bonds is 5. The van der Waals surface area contributed by atoms with Crippen LogP contribution in [0, 0.1) is 17.1 Å². The Morgan fingerprint density at radius 3 is 2.71 bits per heavy atom. The van der Waals surface area contributed by atoms with Crippen LogP contribution in [0.1, 0.15) is 24.0 Å². The highest BCUT2D eigenvalue weighted by molar-refractivity contribution is 6.15. The number of methoxy groups -OCH3 is 1. The largest absolute Gasteiger partial charge is 0.494 e. The van der Waals surface area contributed by atoms with Gasteiger partial charge in [0.25, 0.3) is 0 Å². The van der Waals surface area contributed by atoms with E-state index in [2.05, 4.69) is 5.32 Å². The number of nitrogens with two attached hydrogens (primary N) is 1. The van der Waals surface area contributed by atoms with Gasteiger partial charge < -0.3 is 15.8 Å². The van der Waals surface area contributed by atoms with E-state index in [0.717, 1.165) is 12.8 Å². The minimum absolute atomic E-state index is 0.0402. The molecule has 4 N–H and O–H groups in total. The predicted molar refractivity (Wildman–Crippen MR) is 91.1 cm³/mol. The fourth-order valence-electron chi connectivity index (χ4n) is 2.46. The van der Waals surface area contributed by atoms with Gasteiger partial charge in [0.05, 0.1) is 18.5 Å². The van der Waals surface area contributed by atoms with Crippen LogP contribution in [0.25, 0.3) is 0 Å². The van der Waals surface area contributed by atoms with E-state index in [-0.39, 0.29) is 17.5 Å². The van der Waals surface area contributed by atoms with E-state index in [4.69, 9.17) is 15.9 Å². The molecule has 124 valence electrons. The van der Waals surface area contributed by atoms with Crippen LogP contribution < -0.4 is 15.8 Å². The number of nitrogen functional groups attached to an aromatic ring is 1. The molecule has 3 rings (SSSR count). The molecule has 0 radical (unpaired) electrons. The van der Waals surface area contributed by atoms with Gasteiger partial charge in [0.15, 0.2) is 0 Å². The maximum Gasteiger partial charge on any atom is 0.227 e. The second-order valence-corrected chi connectivity index (χ2v) is 5.79. The lowest BCUT2D eigenvalue weighted by molar-refractivity contribution is -0.117. The number of hydrogen-bond donors (Lipinski definition) is 3. The quantitative estimate of drug-likeness (QED) is 0.582. The summed E-state index contributed by atoms with van der Waals surface area (Å²) in [7, 11) is 1.49. The summed E-state index contributed by atoms with van der Waals surface area (Å²) in [5.74, 6) is -0.0245. The number of carbonyl (C=O) groups excluding carboxylic acids is 1. The molecule has 0 unspecified atom stereocenters. The van der Waals surface area contributed by atoms with Crippen molar-refractivity contribution in [2.45, 2.75) is 12.8 Å². The van der Waals surface area contributed by atoms with Gasteiger partial charge in [-0.15, -0.1) is 0 Å². The monoisotopic (exact) mass is 327 g/mol. The van der Waals surface area contributed by atoms with Crippen LogP contribution >= 0.6 is 0 Å². The van der Waals surface area contributed by atoms with Gasteiger partial charge in [0, 0.05) is 28.8 Å². The first-order valence-corrected chi connectivity index (χ1v) is 7.63. The van der Waals surface area contributed by atoms with E-state index in [9.17, 15) is 9.18 Å². The first-order chi connectivity index (χ1) is 11.5. The minimum atomic E-state index is -0.424. The van der Waals surface area contributed by atoms with Gasteiger partial charge in [-0.25, -0.2) is 4.39 Å².